The van der Waals surface area contributed by atoms with Gasteiger partial charge in [-0.05, 0) is 49.1 Å². The Morgan fingerprint density at radius 2 is 1.92 bits per heavy atom. The van der Waals surface area contributed by atoms with Crippen molar-refractivity contribution in [3.63, 3.8) is 0 Å². The van der Waals surface area contributed by atoms with Crippen molar-refractivity contribution in [2.24, 2.45) is 0 Å². The maximum absolute atomic E-state index is 14.3. The van der Waals surface area contributed by atoms with E-state index >= 15 is 0 Å². The van der Waals surface area contributed by atoms with Crippen molar-refractivity contribution in [2.45, 2.75) is 45.1 Å². The molecule has 0 N–H and O–H groups in total. The highest BCUT2D eigenvalue weighted by Gasteiger charge is 2.26. The zero-order chi connectivity index (χ0) is 16.9. The molecule has 1 saturated carbocycles. The highest BCUT2D eigenvalue weighted by molar-refractivity contribution is 5.69. The van der Waals surface area contributed by atoms with Crippen LogP contribution in [0.2, 0.25) is 0 Å². The van der Waals surface area contributed by atoms with Crippen LogP contribution in [0.5, 0.6) is 11.6 Å². The predicted molar refractivity (Wildman–Crippen MR) is 88.3 cm³/mol. The summed E-state index contributed by atoms with van der Waals surface area (Å²) >= 11 is 0. The molecule has 0 amide bonds. The lowest BCUT2D eigenvalue weighted by atomic mass is 10.1. The third-order valence-corrected chi connectivity index (χ3v) is 3.88. The van der Waals surface area contributed by atoms with Crippen molar-refractivity contribution in [1.29, 1.82) is 0 Å². The summed E-state index contributed by atoms with van der Waals surface area (Å²) in [6.07, 6.45) is 6.52. The monoisotopic (exact) mass is 333 g/mol. The molecular weight excluding hydrogens is 312 g/mol. The molecule has 3 nitrogen and oxygen atoms in total. The molecule has 2 aromatic rings. The molecule has 0 spiro atoms. The van der Waals surface area contributed by atoms with Crippen LogP contribution in [0.15, 0.2) is 30.5 Å². The van der Waals surface area contributed by atoms with Gasteiger partial charge >= 0.3 is 0 Å². The number of hydrogen-bond donors (Lipinski definition) is 0. The van der Waals surface area contributed by atoms with Gasteiger partial charge in [-0.2, -0.15) is 0 Å². The fourth-order valence-electron chi connectivity index (χ4n) is 2.43. The molecule has 3 rings (SSSR count). The van der Waals surface area contributed by atoms with E-state index < -0.39 is 11.6 Å². The SMILES string of the molecule is CCCCCOc1c(F)cc(-c2cccnc2OC2CC2)cc1F. The van der Waals surface area contributed by atoms with Crippen LogP contribution >= 0.6 is 0 Å². The van der Waals surface area contributed by atoms with E-state index in [-0.39, 0.29) is 11.9 Å². The summed E-state index contributed by atoms with van der Waals surface area (Å²) in [5, 5.41) is 0. The number of pyridine rings is 1. The molecule has 1 aromatic heterocycles. The lowest BCUT2D eigenvalue weighted by molar-refractivity contribution is 0.276. The van der Waals surface area contributed by atoms with Crippen LogP contribution in [0.25, 0.3) is 11.1 Å². The van der Waals surface area contributed by atoms with Gasteiger partial charge in [0.25, 0.3) is 0 Å². The molecule has 0 atom stereocenters. The van der Waals surface area contributed by atoms with Gasteiger partial charge in [-0.1, -0.05) is 19.8 Å². The third kappa shape index (κ3) is 4.02. The number of benzene rings is 1. The minimum absolute atomic E-state index is 0.162. The second-order valence-corrected chi connectivity index (χ2v) is 6.00. The first-order valence-electron chi connectivity index (χ1n) is 8.43. The molecule has 1 aliphatic carbocycles. The van der Waals surface area contributed by atoms with Gasteiger partial charge in [0.15, 0.2) is 17.4 Å². The fourth-order valence-corrected chi connectivity index (χ4v) is 2.43. The Kier molecular flexibility index (Phi) is 5.28. The molecule has 24 heavy (non-hydrogen) atoms. The molecule has 1 fully saturated rings. The molecule has 1 aliphatic rings. The molecule has 0 unspecified atom stereocenters. The Morgan fingerprint density at radius 1 is 1.17 bits per heavy atom. The quantitative estimate of drug-likeness (QED) is 0.627. The van der Waals surface area contributed by atoms with E-state index in [0.29, 0.717) is 23.6 Å². The lowest BCUT2D eigenvalue weighted by Gasteiger charge is -2.12. The maximum Gasteiger partial charge on any atom is 0.221 e. The van der Waals surface area contributed by atoms with Gasteiger partial charge in [0, 0.05) is 11.8 Å². The van der Waals surface area contributed by atoms with E-state index in [2.05, 4.69) is 11.9 Å². The highest BCUT2D eigenvalue weighted by Crippen LogP contribution is 2.35. The molecule has 5 heteroatoms. The minimum Gasteiger partial charge on any atom is -0.488 e. The second kappa shape index (κ2) is 7.60. The first kappa shape index (κ1) is 16.7. The van der Waals surface area contributed by atoms with Gasteiger partial charge in [-0.15, -0.1) is 0 Å². The van der Waals surface area contributed by atoms with E-state index in [1.165, 1.54) is 12.1 Å². The number of rotatable bonds is 8. The summed E-state index contributed by atoms with van der Waals surface area (Å²) in [5.74, 6) is -1.32. The summed E-state index contributed by atoms with van der Waals surface area (Å²) in [7, 11) is 0. The molecule has 1 heterocycles. The van der Waals surface area contributed by atoms with Crippen LogP contribution < -0.4 is 9.47 Å². The standard InChI is InChI=1S/C19H21F2NO2/c1-2-3-4-10-23-18-16(20)11-13(12-17(18)21)15-6-5-9-22-19(15)24-14-7-8-14/h5-6,9,11-12,14H,2-4,7-8,10H2,1H3. The summed E-state index contributed by atoms with van der Waals surface area (Å²) in [4.78, 5) is 4.19. The summed E-state index contributed by atoms with van der Waals surface area (Å²) < 4.78 is 39.6. The summed E-state index contributed by atoms with van der Waals surface area (Å²) in [6.45, 7) is 2.37. The second-order valence-electron chi connectivity index (χ2n) is 6.00. The number of aromatic nitrogens is 1. The molecule has 128 valence electrons. The summed E-state index contributed by atoms with van der Waals surface area (Å²) in [6, 6.07) is 6.02. The Morgan fingerprint density at radius 3 is 2.58 bits per heavy atom. The van der Waals surface area contributed by atoms with Crippen LogP contribution in [-0.4, -0.2) is 17.7 Å². The molecule has 0 aliphatic heterocycles. The van der Waals surface area contributed by atoms with Crippen molar-refractivity contribution in [1.82, 2.24) is 4.98 Å². The van der Waals surface area contributed by atoms with Gasteiger partial charge in [0.05, 0.1) is 6.61 Å². The zero-order valence-corrected chi connectivity index (χ0v) is 13.7. The number of halogens is 2. The van der Waals surface area contributed by atoms with E-state index in [9.17, 15) is 8.78 Å². The average molecular weight is 333 g/mol. The Labute approximate surface area is 140 Å². The van der Waals surface area contributed by atoms with Crippen LogP contribution in [0.1, 0.15) is 39.0 Å². The van der Waals surface area contributed by atoms with E-state index in [4.69, 9.17) is 9.47 Å². The van der Waals surface area contributed by atoms with Gasteiger partial charge < -0.3 is 9.47 Å². The van der Waals surface area contributed by atoms with Crippen molar-refractivity contribution in [2.75, 3.05) is 6.61 Å². The highest BCUT2D eigenvalue weighted by atomic mass is 19.1. The molecule has 0 saturated heterocycles. The van der Waals surface area contributed by atoms with Crippen LogP contribution in [-0.2, 0) is 0 Å². The molecule has 1 aromatic carbocycles. The maximum atomic E-state index is 14.3. The van der Waals surface area contributed by atoms with Crippen molar-refractivity contribution < 1.29 is 18.3 Å². The van der Waals surface area contributed by atoms with Gasteiger partial charge in [0.2, 0.25) is 5.88 Å². The Bertz CT molecular complexity index is 679. The third-order valence-electron chi connectivity index (χ3n) is 3.88. The number of hydrogen-bond acceptors (Lipinski definition) is 3. The normalized spacial score (nSPS) is 13.8. The van der Waals surface area contributed by atoms with Gasteiger partial charge in [-0.3, -0.25) is 0 Å². The van der Waals surface area contributed by atoms with Gasteiger partial charge in [0.1, 0.15) is 6.10 Å². The average Bonchev–Trinajstić information content (AvgIpc) is 3.38. The predicted octanol–water partition coefficient (Wildman–Crippen LogP) is 5.14. The Balaban J connectivity index is 1.82. The first-order chi connectivity index (χ1) is 11.7. The number of ether oxygens (including phenoxy) is 2. The zero-order valence-electron chi connectivity index (χ0n) is 13.7. The van der Waals surface area contributed by atoms with Crippen LogP contribution in [0.3, 0.4) is 0 Å². The van der Waals surface area contributed by atoms with Crippen molar-refractivity contribution >= 4 is 0 Å². The minimum atomic E-state index is -0.706. The van der Waals surface area contributed by atoms with Crippen molar-refractivity contribution in [3.05, 3.63) is 42.1 Å². The lowest BCUT2D eigenvalue weighted by Crippen LogP contribution is -2.03. The number of unbranched alkanes of at least 4 members (excludes halogenated alkanes) is 2. The van der Waals surface area contributed by atoms with Crippen molar-refractivity contribution in [3.8, 4) is 22.8 Å². The van der Waals surface area contributed by atoms with E-state index in [1.54, 1.807) is 18.3 Å². The van der Waals surface area contributed by atoms with Crippen LogP contribution in [0.4, 0.5) is 8.78 Å². The first-order valence-corrected chi connectivity index (χ1v) is 8.43. The van der Waals surface area contributed by atoms with E-state index in [0.717, 1.165) is 32.1 Å². The molecular formula is C19H21F2NO2. The summed E-state index contributed by atoms with van der Waals surface area (Å²) in [5.41, 5.74) is 0.981. The topological polar surface area (TPSA) is 31.4 Å². The Hall–Kier alpha value is -2.17. The fraction of sp³-hybridized carbons (Fsp3) is 0.421. The van der Waals surface area contributed by atoms with Gasteiger partial charge in [-0.25, -0.2) is 13.8 Å². The molecule has 0 radical (unpaired) electrons. The van der Waals surface area contributed by atoms with Crippen LogP contribution in [0, 0.1) is 11.6 Å². The van der Waals surface area contributed by atoms with E-state index in [1.807, 2.05) is 0 Å². The molecule has 0 bridgehead atoms. The number of nitrogens with zero attached hydrogens (tertiary/aromatic N) is 1. The smallest absolute Gasteiger partial charge is 0.221 e. The largest absolute Gasteiger partial charge is 0.488 e.